The molecule has 0 saturated heterocycles. The van der Waals surface area contributed by atoms with Crippen molar-refractivity contribution in [3.8, 4) is 0 Å². The summed E-state index contributed by atoms with van der Waals surface area (Å²) in [6.45, 7) is 6.89. The molecule has 0 aromatic heterocycles. The van der Waals surface area contributed by atoms with E-state index in [9.17, 15) is 4.79 Å². The van der Waals surface area contributed by atoms with Gasteiger partial charge < -0.3 is 4.74 Å². The fourth-order valence-corrected chi connectivity index (χ4v) is 7.21. The SMILES string of the molecule is CCC1CC(CC)C2C3CC(CC3C(=O)OC3(C)CCCC3)C12. The van der Waals surface area contributed by atoms with Gasteiger partial charge in [0.05, 0.1) is 5.92 Å². The van der Waals surface area contributed by atoms with Gasteiger partial charge in [-0.25, -0.2) is 0 Å². The van der Waals surface area contributed by atoms with Crippen molar-refractivity contribution in [1.82, 2.24) is 0 Å². The number of esters is 1. The summed E-state index contributed by atoms with van der Waals surface area (Å²) in [5, 5.41) is 0. The monoisotopic (exact) mass is 318 g/mol. The molecule has 0 aliphatic heterocycles. The van der Waals surface area contributed by atoms with Crippen LogP contribution in [0.15, 0.2) is 0 Å². The first-order valence-electron chi connectivity index (χ1n) is 10.3. The van der Waals surface area contributed by atoms with Crippen molar-refractivity contribution < 1.29 is 9.53 Å². The summed E-state index contributed by atoms with van der Waals surface area (Å²) < 4.78 is 6.07. The van der Waals surface area contributed by atoms with Crippen LogP contribution in [0.5, 0.6) is 0 Å². The van der Waals surface area contributed by atoms with Crippen LogP contribution in [-0.2, 0) is 9.53 Å². The average Bonchev–Trinajstić information content (AvgIpc) is 3.27. The number of fused-ring (bicyclic) bond motifs is 5. The lowest BCUT2D eigenvalue weighted by Crippen LogP contribution is -2.38. The Balaban J connectivity index is 1.48. The van der Waals surface area contributed by atoms with Gasteiger partial charge in [-0.3, -0.25) is 4.79 Å². The van der Waals surface area contributed by atoms with Crippen LogP contribution in [0.1, 0.15) is 78.6 Å². The maximum absolute atomic E-state index is 12.9. The van der Waals surface area contributed by atoms with E-state index in [1.165, 1.54) is 38.5 Å². The van der Waals surface area contributed by atoms with Gasteiger partial charge in [0.25, 0.3) is 0 Å². The van der Waals surface area contributed by atoms with Gasteiger partial charge in [0, 0.05) is 0 Å². The highest BCUT2D eigenvalue weighted by molar-refractivity contribution is 5.74. The molecule has 7 atom stereocenters. The van der Waals surface area contributed by atoms with Gasteiger partial charge in [0.1, 0.15) is 5.60 Å². The maximum Gasteiger partial charge on any atom is 0.309 e. The van der Waals surface area contributed by atoms with Gasteiger partial charge in [-0.1, -0.05) is 26.7 Å². The van der Waals surface area contributed by atoms with Crippen molar-refractivity contribution >= 4 is 5.97 Å². The minimum atomic E-state index is -0.149. The molecule has 2 nitrogen and oxygen atoms in total. The van der Waals surface area contributed by atoms with E-state index >= 15 is 0 Å². The molecule has 4 aliphatic rings. The van der Waals surface area contributed by atoms with E-state index in [1.54, 1.807) is 0 Å². The highest BCUT2D eigenvalue weighted by atomic mass is 16.6. The second-order valence-electron chi connectivity index (χ2n) is 9.31. The van der Waals surface area contributed by atoms with Crippen molar-refractivity contribution in [2.24, 2.45) is 41.4 Å². The number of hydrogen-bond donors (Lipinski definition) is 0. The molecule has 4 fully saturated rings. The van der Waals surface area contributed by atoms with Crippen LogP contribution in [0.2, 0.25) is 0 Å². The first-order valence-corrected chi connectivity index (χ1v) is 10.3. The maximum atomic E-state index is 12.9. The summed E-state index contributed by atoms with van der Waals surface area (Å²) in [7, 11) is 0. The van der Waals surface area contributed by atoms with E-state index in [2.05, 4.69) is 20.8 Å². The van der Waals surface area contributed by atoms with E-state index in [-0.39, 0.29) is 17.5 Å². The number of carbonyl (C=O) groups is 1. The van der Waals surface area contributed by atoms with Gasteiger partial charge in [-0.15, -0.1) is 0 Å². The Morgan fingerprint density at radius 2 is 1.65 bits per heavy atom. The lowest BCUT2D eigenvalue weighted by atomic mass is 9.70. The van der Waals surface area contributed by atoms with Crippen molar-refractivity contribution in [2.75, 3.05) is 0 Å². The fourth-order valence-electron chi connectivity index (χ4n) is 7.21. The standard InChI is InChI=1S/C21H34O2/c1-4-13-10-14(5-2)19-16-11-15(18(13)19)12-17(16)20(22)23-21(3)8-6-7-9-21/h13-19H,4-12H2,1-3H3. The molecule has 0 radical (unpaired) electrons. The van der Waals surface area contributed by atoms with Gasteiger partial charge >= 0.3 is 5.97 Å². The summed E-state index contributed by atoms with van der Waals surface area (Å²) in [6.07, 6.45) is 11.1. The molecule has 130 valence electrons. The third kappa shape index (κ3) is 2.46. The summed E-state index contributed by atoms with van der Waals surface area (Å²) >= 11 is 0. The lowest BCUT2D eigenvalue weighted by Gasteiger charge is -2.36. The molecule has 4 saturated carbocycles. The Hall–Kier alpha value is -0.530. The Kier molecular flexibility index (Phi) is 4.01. The van der Waals surface area contributed by atoms with E-state index in [0.29, 0.717) is 5.92 Å². The number of hydrogen-bond acceptors (Lipinski definition) is 2. The Morgan fingerprint density at radius 3 is 2.30 bits per heavy atom. The topological polar surface area (TPSA) is 26.3 Å². The Bertz CT molecular complexity index is 464. The Morgan fingerprint density at radius 1 is 1.00 bits per heavy atom. The molecule has 0 spiro atoms. The molecule has 4 aliphatic carbocycles. The summed E-state index contributed by atoms with van der Waals surface area (Å²) in [5.74, 6) is 5.42. The normalized spacial score (nSPS) is 47.0. The number of rotatable bonds is 4. The molecule has 2 heteroatoms. The van der Waals surface area contributed by atoms with Crippen LogP contribution in [0.4, 0.5) is 0 Å². The smallest absolute Gasteiger partial charge is 0.309 e. The second-order valence-corrected chi connectivity index (χ2v) is 9.31. The molecular weight excluding hydrogens is 284 g/mol. The molecule has 0 aromatic carbocycles. The van der Waals surface area contributed by atoms with Crippen LogP contribution in [-0.4, -0.2) is 11.6 Å². The lowest BCUT2D eigenvalue weighted by molar-refractivity contribution is -0.166. The van der Waals surface area contributed by atoms with Crippen LogP contribution < -0.4 is 0 Å². The average molecular weight is 319 g/mol. The number of ether oxygens (including phenoxy) is 1. The van der Waals surface area contributed by atoms with Crippen LogP contribution in [0.3, 0.4) is 0 Å². The van der Waals surface area contributed by atoms with Crippen molar-refractivity contribution in [1.29, 1.82) is 0 Å². The zero-order valence-corrected chi connectivity index (χ0v) is 15.2. The fraction of sp³-hybridized carbons (Fsp3) is 0.952. The largest absolute Gasteiger partial charge is 0.459 e. The van der Waals surface area contributed by atoms with Crippen LogP contribution in [0, 0.1) is 41.4 Å². The van der Waals surface area contributed by atoms with Gasteiger partial charge in [-0.05, 0) is 87.4 Å². The molecule has 0 amide bonds. The molecule has 0 N–H and O–H groups in total. The second kappa shape index (κ2) is 5.77. The molecule has 23 heavy (non-hydrogen) atoms. The predicted octanol–water partition coefficient (Wildman–Crippen LogP) is 5.21. The molecule has 2 bridgehead atoms. The third-order valence-electron chi connectivity index (χ3n) is 8.19. The van der Waals surface area contributed by atoms with E-state index in [4.69, 9.17) is 4.74 Å². The van der Waals surface area contributed by atoms with Crippen LogP contribution >= 0.6 is 0 Å². The predicted molar refractivity (Wildman–Crippen MR) is 91.8 cm³/mol. The van der Waals surface area contributed by atoms with E-state index in [0.717, 1.165) is 48.9 Å². The molecule has 0 aromatic rings. The first-order chi connectivity index (χ1) is 11.1. The zero-order chi connectivity index (χ0) is 16.2. The van der Waals surface area contributed by atoms with Gasteiger partial charge in [-0.2, -0.15) is 0 Å². The minimum absolute atomic E-state index is 0.149. The van der Waals surface area contributed by atoms with Crippen molar-refractivity contribution in [3.63, 3.8) is 0 Å². The Labute approximate surface area is 141 Å². The van der Waals surface area contributed by atoms with Crippen molar-refractivity contribution in [3.05, 3.63) is 0 Å². The van der Waals surface area contributed by atoms with Gasteiger partial charge in [0.15, 0.2) is 0 Å². The highest BCUT2D eigenvalue weighted by Gasteiger charge is 2.61. The molecular formula is C21H34O2. The quantitative estimate of drug-likeness (QED) is 0.665. The first kappa shape index (κ1) is 16.0. The molecule has 0 heterocycles. The molecule has 4 rings (SSSR count). The van der Waals surface area contributed by atoms with E-state index < -0.39 is 0 Å². The summed E-state index contributed by atoms with van der Waals surface area (Å²) in [6, 6.07) is 0. The zero-order valence-electron chi connectivity index (χ0n) is 15.2. The minimum Gasteiger partial charge on any atom is -0.459 e. The highest BCUT2D eigenvalue weighted by Crippen LogP contribution is 2.65. The van der Waals surface area contributed by atoms with Gasteiger partial charge in [0.2, 0.25) is 0 Å². The molecule has 7 unspecified atom stereocenters. The van der Waals surface area contributed by atoms with Crippen LogP contribution in [0.25, 0.3) is 0 Å². The summed E-state index contributed by atoms with van der Waals surface area (Å²) in [5.41, 5.74) is -0.149. The van der Waals surface area contributed by atoms with Crippen molar-refractivity contribution in [2.45, 2.75) is 84.2 Å². The third-order valence-corrected chi connectivity index (χ3v) is 8.19. The summed E-state index contributed by atoms with van der Waals surface area (Å²) in [4.78, 5) is 12.9. The number of carbonyl (C=O) groups excluding carboxylic acids is 1. The van der Waals surface area contributed by atoms with E-state index in [1.807, 2.05) is 0 Å².